The third kappa shape index (κ3) is 5.90. The van der Waals surface area contributed by atoms with E-state index >= 15 is 0 Å². The van der Waals surface area contributed by atoms with Crippen molar-refractivity contribution in [3.8, 4) is 0 Å². The molecule has 0 aromatic carbocycles. The minimum absolute atomic E-state index is 0.00976. The predicted molar refractivity (Wildman–Crippen MR) is 52.3 cm³/mol. The molecule has 0 rings (SSSR count). The van der Waals surface area contributed by atoms with Crippen molar-refractivity contribution in [3.05, 3.63) is 0 Å². The van der Waals surface area contributed by atoms with E-state index in [9.17, 15) is 13.2 Å². The van der Waals surface area contributed by atoms with Crippen LogP contribution in [0.4, 0.5) is 0 Å². The van der Waals surface area contributed by atoms with Gasteiger partial charge in [-0.05, 0) is 6.42 Å². The average Bonchev–Trinajstić information content (AvgIpc) is 2.11. The highest BCUT2D eigenvalue weighted by molar-refractivity contribution is 7.89. The summed E-state index contributed by atoms with van der Waals surface area (Å²) < 4.78 is 24.5. The van der Waals surface area contributed by atoms with E-state index in [-0.39, 0.29) is 12.3 Å². The van der Waals surface area contributed by atoms with Crippen LogP contribution in [0.25, 0.3) is 0 Å². The highest BCUT2D eigenvalue weighted by atomic mass is 32.2. The normalized spacial score (nSPS) is 13.9. The van der Waals surface area contributed by atoms with Crippen molar-refractivity contribution in [2.45, 2.75) is 25.8 Å². The van der Waals surface area contributed by atoms with E-state index in [1.54, 1.807) is 0 Å². The smallest absolute Gasteiger partial charge is 0.321 e. The van der Waals surface area contributed by atoms with Gasteiger partial charge in [-0.15, -0.1) is 0 Å². The minimum Gasteiger partial charge on any atom is -0.480 e. The lowest BCUT2D eigenvalue weighted by Gasteiger charge is -2.08. The number of hydrogen-bond donors (Lipinski definition) is 3. The number of nitrogens with one attached hydrogen (secondary N) is 1. The van der Waals surface area contributed by atoms with E-state index in [4.69, 9.17) is 10.8 Å². The molecule has 84 valence electrons. The van der Waals surface area contributed by atoms with Crippen LogP contribution in [0.3, 0.4) is 0 Å². The van der Waals surface area contributed by atoms with E-state index in [0.717, 1.165) is 6.42 Å². The number of nitrogens with two attached hydrogens (primary N) is 1. The van der Waals surface area contributed by atoms with E-state index in [1.807, 2.05) is 6.92 Å². The number of rotatable bonds is 7. The molecule has 0 aliphatic heterocycles. The molecular weight excluding hydrogens is 208 g/mol. The molecule has 0 heterocycles. The molecule has 0 amide bonds. The molecule has 0 aromatic heterocycles. The average molecular weight is 224 g/mol. The molecule has 0 saturated carbocycles. The van der Waals surface area contributed by atoms with E-state index in [1.165, 1.54) is 0 Å². The van der Waals surface area contributed by atoms with Gasteiger partial charge in [-0.25, -0.2) is 13.1 Å². The second-order valence-electron chi connectivity index (χ2n) is 2.97. The first kappa shape index (κ1) is 13.3. The molecule has 0 fully saturated rings. The molecule has 0 bridgehead atoms. The Kier molecular flexibility index (Phi) is 5.66. The van der Waals surface area contributed by atoms with Gasteiger partial charge in [0.05, 0.1) is 5.75 Å². The zero-order chi connectivity index (χ0) is 11.2. The molecule has 7 heteroatoms. The molecule has 0 spiro atoms. The first-order chi connectivity index (χ1) is 6.39. The number of carbonyl (C=O) groups is 1. The summed E-state index contributed by atoms with van der Waals surface area (Å²) in [6.07, 6.45) is 1.32. The Morgan fingerprint density at radius 2 is 2.14 bits per heavy atom. The van der Waals surface area contributed by atoms with Gasteiger partial charge in [-0.2, -0.15) is 0 Å². The zero-order valence-corrected chi connectivity index (χ0v) is 8.88. The lowest BCUT2D eigenvalue weighted by Crippen LogP contribution is -2.43. The summed E-state index contributed by atoms with van der Waals surface area (Å²) in [6, 6.07) is -1.19. The summed E-state index contributed by atoms with van der Waals surface area (Å²) in [7, 11) is -3.37. The molecule has 0 saturated heterocycles. The molecule has 0 radical (unpaired) electrons. The van der Waals surface area contributed by atoms with Gasteiger partial charge in [0.2, 0.25) is 10.0 Å². The fourth-order valence-corrected chi connectivity index (χ4v) is 1.96. The van der Waals surface area contributed by atoms with Crippen LogP contribution in [0, 0.1) is 0 Å². The van der Waals surface area contributed by atoms with Crippen LogP contribution in [0.15, 0.2) is 0 Å². The van der Waals surface area contributed by atoms with Crippen LogP contribution in [0.5, 0.6) is 0 Å². The standard InChI is InChI=1S/C7H16N2O4S/c1-2-3-4-14(12,13)9-5-6(8)7(10)11/h6,9H,2-5,8H2,1H3,(H,10,11). The van der Waals surface area contributed by atoms with Crippen LogP contribution in [-0.4, -0.2) is 37.8 Å². The fraction of sp³-hybridized carbons (Fsp3) is 0.857. The van der Waals surface area contributed by atoms with Gasteiger partial charge >= 0.3 is 5.97 Å². The van der Waals surface area contributed by atoms with Gasteiger partial charge in [0.1, 0.15) is 6.04 Å². The van der Waals surface area contributed by atoms with Crippen LogP contribution >= 0.6 is 0 Å². The van der Waals surface area contributed by atoms with E-state index < -0.39 is 22.0 Å². The maximum Gasteiger partial charge on any atom is 0.321 e. The van der Waals surface area contributed by atoms with Gasteiger partial charge in [0.15, 0.2) is 0 Å². The highest BCUT2D eigenvalue weighted by Crippen LogP contribution is 1.93. The predicted octanol–water partition coefficient (Wildman–Crippen LogP) is -0.882. The Morgan fingerprint density at radius 3 is 2.57 bits per heavy atom. The summed E-state index contributed by atoms with van der Waals surface area (Å²) in [4.78, 5) is 10.3. The highest BCUT2D eigenvalue weighted by Gasteiger charge is 2.15. The SMILES string of the molecule is CCCCS(=O)(=O)NCC(N)C(=O)O. The lowest BCUT2D eigenvalue weighted by atomic mass is 10.3. The number of hydrogen-bond acceptors (Lipinski definition) is 4. The maximum absolute atomic E-state index is 11.2. The summed E-state index contributed by atoms with van der Waals surface area (Å²) >= 11 is 0. The van der Waals surface area contributed by atoms with Crippen molar-refractivity contribution < 1.29 is 18.3 Å². The summed E-state index contributed by atoms with van der Waals surface area (Å²) in [5.41, 5.74) is 5.13. The monoisotopic (exact) mass is 224 g/mol. The topological polar surface area (TPSA) is 109 Å². The summed E-state index contributed by atoms with van der Waals surface area (Å²) in [5.74, 6) is -1.21. The number of carboxylic acids is 1. The first-order valence-corrected chi connectivity index (χ1v) is 6.00. The number of sulfonamides is 1. The lowest BCUT2D eigenvalue weighted by molar-refractivity contribution is -0.138. The number of carboxylic acid groups (broad SMARTS) is 1. The summed E-state index contributed by atoms with van der Waals surface area (Å²) in [5, 5.41) is 8.40. The quantitative estimate of drug-likeness (QED) is 0.520. The van der Waals surface area contributed by atoms with Crippen LogP contribution in [0.1, 0.15) is 19.8 Å². The Balaban J connectivity index is 3.93. The third-order valence-electron chi connectivity index (χ3n) is 1.61. The molecule has 0 aliphatic carbocycles. The van der Waals surface area contributed by atoms with Gasteiger partial charge < -0.3 is 10.8 Å². The molecule has 1 unspecified atom stereocenters. The Morgan fingerprint density at radius 1 is 1.57 bits per heavy atom. The Hall–Kier alpha value is -0.660. The van der Waals surface area contributed by atoms with Crippen molar-refractivity contribution >= 4 is 16.0 Å². The number of aliphatic carboxylic acids is 1. The van der Waals surface area contributed by atoms with Crippen molar-refractivity contribution in [3.63, 3.8) is 0 Å². The largest absolute Gasteiger partial charge is 0.480 e. The van der Waals surface area contributed by atoms with E-state index in [2.05, 4.69) is 4.72 Å². The summed E-state index contributed by atoms with van der Waals surface area (Å²) in [6.45, 7) is 1.61. The second kappa shape index (κ2) is 5.94. The maximum atomic E-state index is 11.2. The Labute approximate surface area is 83.5 Å². The number of unbranched alkanes of at least 4 members (excludes halogenated alkanes) is 1. The molecule has 1 atom stereocenters. The van der Waals surface area contributed by atoms with Crippen LogP contribution in [-0.2, 0) is 14.8 Å². The van der Waals surface area contributed by atoms with Gasteiger partial charge in [0, 0.05) is 6.54 Å². The van der Waals surface area contributed by atoms with E-state index in [0.29, 0.717) is 6.42 Å². The molecule has 6 nitrogen and oxygen atoms in total. The van der Waals surface area contributed by atoms with Gasteiger partial charge in [-0.1, -0.05) is 13.3 Å². The van der Waals surface area contributed by atoms with Crippen molar-refractivity contribution in [2.75, 3.05) is 12.3 Å². The molecular formula is C7H16N2O4S. The van der Waals surface area contributed by atoms with Crippen molar-refractivity contribution in [2.24, 2.45) is 5.73 Å². The third-order valence-corrected chi connectivity index (χ3v) is 3.04. The molecule has 0 aliphatic rings. The van der Waals surface area contributed by atoms with Crippen molar-refractivity contribution in [1.82, 2.24) is 4.72 Å². The van der Waals surface area contributed by atoms with Gasteiger partial charge in [-0.3, -0.25) is 4.79 Å². The molecule has 14 heavy (non-hydrogen) atoms. The fourth-order valence-electron chi connectivity index (χ4n) is 0.711. The zero-order valence-electron chi connectivity index (χ0n) is 8.06. The van der Waals surface area contributed by atoms with Crippen molar-refractivity contribution in [1.29, 1.82) is 0 Å². The Bertz CT molecular complexity index is 275. The van der Waals surface area contributed by atoms with Crippen LogP contribution < -0.4 is 10.5 Å². The second-order valence-corrected chi connectivity index (χ2v) is 4.89. The molecule has 4 N–H and O–H groups in total. The minimum atomic E-state index is -3.37. The van der Waals surface area contributed by atoms with Crippen LogP contribution in [0.2, 0.25) is 0 Å². The first-order valence-electron chi connectivity index (χ1n) is 4.34. The molecule has 0 aromatic rings. The van der Waals surface area contributed by atoms with Gasteiger partial charge in [0.25, 0.3) is 0 Å².